The number of aryl methyl sites for hydroxylation is 1. The molecule has 0 saturated heterocycles. The molecule has 0 amide bonds. The molecule has 2 rings (SSSR count). The molecule has 0 aliphatic carbocycles. The van der Waals surface area contributed by atoms with Gasteiger partial charge in [0.25, 0.3) is 0 Å². The standard InChI is InChI=1S/C17H18F3N/c1-12-7-6-10-16(13(12)2)21(3)11-14-8-4-5-9-15(14)17(18,19)20/h4-10H,11H2,1-3H3. The third-order valence-corrected chi connectivity index (χ3v) is 3.72. The van der Waals surface area contributed by atoms with Crippen molar-refractivity contribution in [3.63, 3.8) is 0 Å². The van der Waals surface area contributed by atoms with E-state index in [2.05, 4.69) is 0 Å². The lowest BCUT2D eigenvalue weighted by atomic mass is 10.0. The molecule has 112 valence electrons. The summed E-state index contributed by atoms with van der Waals surface area (Å²) in [6, 6.07) is 11.6. The van der Waals surface area contributed by atoms with Crippen molar-refractivity contribution in [3.05, 3.63) is 64.7 Å². The Morgan fingerprint density at radius 3 is 2.29 bits per heavy atom. The fourth-order valence-electron chi connectivity index (χ4n) is 2.42. The molecule has 1 nitrogen and oxygen atoms in total. The van der Waals surface area contributed by atoms with E-state index < -0.39 is 11.7 Å². The van der Waals surface area contributed by atoms with E-state index in [0.717, 1.165) is 22.9 Å². The quantitative estimate of drug-likeness (QED) is 0.773. The first-order valence-corrected chi connectivity index (χ1v) is 6.73. The fraction of sp³-hybridized carbons (Fsp3) is 0.294. The average molecular weight is 293 g/mol. The van der Waals surface area contributed by atoms with Gasteiger partial charge in [0.05, 0.1) is 5.56 Å². The molecule has 0 saturated carbocycles. The Labute approximate surface area is 123 Å². The monoisotopic (exact) mass is 293 g/mol. The highest BCUT2D eigenvalue weighted by molar-refractivity contribution is 5.56. The Morgan fingerprint density at radius 2 is 1.62 bits per heavy atom. The van der Waals surface area contributed by atoms with Crippen molar-refractivity contribution in [1.82, 2.24) is 0 Å². The Balaban J connectivity index is 2.32. The summed E-state index contributed by atoms with van der Waals surface area (Å²) < 4.78 is 39.1. The van der Waals surface area contributed by atoms with Gasteiger partial charge in [0.15, 0.2) is 0 Å². The van der Waals surface area contributed by atoms with Gasteiger partial charge in [-0.1, -0.05) is 30.3 Å². The van der Waals surface area contributed by atoms with Gasteiger partial charge in [-0.25, -0.2) is 0 Å². The van der Waals surface area contributed by atoms with E-state index in [9.17, 15) is 13.2 Å². The van der Waals surface area contributed by atoms with Crippen LogP contribution in [0.15, 0.2) is 42.5 Å². The average Bonchev–Trinajstić information content (AvgIpc) is 2.41. The maximum absolute atomic E-state index is 13.0. The molecular formula is C17H18F3N. The Morgan fingerprint density at radius 1 is 0.952 bits per heavy atom. The molecule has 0 N–H and O–H groups in total. The summed E-state index contributed by atoms with van der Waals surface area (Å²) in [4.78, 5) is 1.85. The second kappa shape index (κ2) is 5.80. The Bertz CT molecular complexity index is 632. The number of benzene rings is 2. The predicted molar refractivity (Wildman–Crippen MR) is 79.5 cm³/mol. The van der Waals surface area contributed by atoms with Gasteiger partial charge in [-0.15, -0.1) is 0 Å². The molecule has 0 fully saturated rings. The molecule has 0 atom stereocenters. The predicted octanol–water partition coefficient (Wildman–Crippen LogP) is 4.96. The minimum absolute atomic E-state index is 0.222. The Kier molecular flexibility index (Phi) is 4.26. The molecule has 0 heterocycles. The SMILES string of the molecule is Cc1cccc(N(C)Cc2ccccc2C(F)(F)F)c1C. The molecule has 2 aromatic rings. The first-order valence-electron chi connectivity index (χ1n) is 6.73. The zero-order chi connectivity index (χ0) is 15.6. The van der Waals surface area contributed by atoms with Crippen molar-refractivity contribution in [2.75, 3.05) is 11.9 Å². The maximum Gasteiger partial charge on any atom is 0.416 e. The number of nitrogens with zero attached hydrogens (tertiary/aromatic N) is 1. The van der Waals surface area contributed by atoms with E-state index in [1.807, 2.05) is 44.0 Å². The van der Waals surface area contributed by atoms with Crippen molar-refractivity contribution in [2.45, 2.75) is 26.6 Å². The summed E-state index contributed by atoms with van der Waals surface area (Å²) >= 11 is 0. The van der Waals surface area contributed by atoms with Crippen LogP contribution in [0, 0.1) is 13.8 Å². The normalized spacial score (nSPS) is 11.5. The molecule has 0 radical (unpaired) electrons. The molecule has 0 aliphatic rings. The topological polar surface area (TPSA) is 3.24 Å². The van der Waals surface area contributed by atoms with Gasteiger partial charge in [-0.2, -0.15) is 13.2 Å². The zero-order valence-electron chi connectivity index (χ0n) is 12.3. The third-order valence-electron chi connectivity index (χ3n) is 3.72. The van der Waals surface area contributed by atoms with Crippen LogP contribution < -0.4 is 4.90 Å². The van der Waals surface area contributed by atoms with Crippen LogP contribution in [0.5, 0.6) is 0 Å². The summed E-state index contributed by atoms with van der Waals surface area (Å²) in [6.45, 7) is 4.20. The van der Waals surface area contributed by atoms with Gasteiger partial charge in [0.2, 0.25) is 0 Å². The summed E-state index contributed by atoms with van der Waals surface area (Å²) in [5.41, 5.74) is 2.88. The zero-order valence-corrected chi connectivity index (χ0v) is 12.3. The molecule has 4 heteroatoms. The second-order valence-electron chi connectivity index (χ2n) is 5.23. The Hall–Kier alpha value is -1.97. The van der Waals surface area contributed by atoms with Gasteiger partial charge < -0.3 is 4.90 Å². The fourth-order valence-corrected chi connectivity index (χ4v) is 2.42. The van der Waals surface area contributed by atoms with E-state index in [4.69, 9.17) is 0 Å². The molecule has 2 aromatic carbocycles. The number of alkyl halides is 3. The third kappa shape index (κ3) is 3.38. The number of rotatable bonds is 3. The van der Waals surface area contributed by atoms with E-state index in [-0.39, 0.29) is 12.1 Å². The van der Waals surface area contributed by atoms with Crippen LogP contribution in [0.4, 0.5) is 18.9 Å². The molecule has 0 bridgehead atoms. The largest absolute Gasteiger partial charge is 0.416 e. The van der Waals surface area contributed by atoms with E-state index in [0.29, 0.717) is 0 Å². The number of hydrogen-bond acceptors (Lipinski definition) is 1. The summed E-state index contributed by atoms with van der Waals surface area (Å²) in [5.74, 6) is 0. The molecule has 21 heavy (non-hydrogen) atoms. The lowest BCUT2D eigenvalue weighted by Crippen LogP contribution is -2.20. The second-order valence-corrected chi connectivity index (χ2v) is 5.23. The number of hydrogen-bond donors (Lipinski definition) is 0. The lowest BCUT2D eigenvalue weighted by Gasteiger charge is -2.24. The van der Waals surface area contributed by atoms with Crippen LogP contribution in [0.25, 0.3) is 0 Å². The highest BCUT2D eigenvalue weighted by atomic mass is 19.4. The first kappa shape index (κ1) is 15.4. The van der Waals surface area contributed by atoms with E-state index in [1.165, 1.54) is 12.1 Å². The highest BCUT2D eigenvalue weighted by Gasteiger charge is 2.33. The maximum atomic E-state index is 13.0. The molecule has 0 aromatic heterocycles. The summed E-state index contributed by atoms with van der Waals surface area (Å²) in [5, 5.41) is 0. The number of anilines is 1. The highest BCUT2D eigenvalue weighted by Crippen LogP contribution is 2.33. The molecule has 0 unspecified atom stereocenters. The van der Waals surface area contributed by atoms with E-state index in [1.54, 1.807) is 6.07 Å². The van der Waals surface area contributed by atoms with Crippen LogP contribution in [0.1, 0.15) is 22.3 Å². The van der Waals surface area contributed by atoms with Gasteiger partial charge in [-0.3, -0.25) is 0 Å². The van der Waals surface area contributed by atoms with Crippen molar-refractivity contribution >= 4 is 5.69 Å². The van der Waals surface area contributed by atoms with Crippen LogP contribution in [0.3, 0.4) is 0 Å². The van der Waals surface area contributed by atoms with Gasteiger partial charge >= 0.3 is 6.18 Å². The van der Waals surface area contributed by atoms with Crippen LogP contribution in [-0.2, 0) is 12.7 Å². The molecular weight excluding hydrogens is 275 g/mol. The van der Waals surface area contributed by atoms with E-state index >= 15 is 0 Å². The minimum atomic E-state index is -4.32. The van der Waals surface area contributed by atoms with Crippen molar-refractivity contribution in [1.29, 1.82) is 0 Å². The van der Waals surface area contributed by atoms with Crippen molar-refractivity contribution < 1.29 is 13.2 Å². The number of halogens is 3. The summed E-state index contributed by atoms with van der Waals surface area (Å²) in [7, 11) is 1.81. The van der Waals surface area contributed by atoms with Crippen molar-refractivity contribution in [2.24, 2.45) is 0 Å². The van der Waals surface area contributed by atoms with Crippen LogP contribution in [0.2, 0.25) is 0 Å². The van der Waals surface area contributed by atoms with Crippen molar-refractivity contribution in [3.8, 4) is 0 Å². The van der Waals surface area contributed by atoms with Crippen LogP contribution >= 0.6 is 0 Å². The lowest BCUT2D eigenvalue weighted by molar-refractivity contribution is -0.138. The van der Waals surface area contributed by atoms with Gasteiger partial charge in [0, 0.05) is 19.3 Å². The first-order chi connectivity index (χ1) is 9.80. The van der Waals surface area contributed by atoms with Gasteiger partial charge in [0.1, 0.15) is 0 Å². The molecule has 0 spiro atoms. The minimum Gasteiger partial charge on any atom is -0.370 e. The molecule has 0 aliphatic heterocycles. The van der Waals surface area contributed by atoms with Crippen LogP contribution in [-0.4, -0.2) is 7.05 Å². The van der Waals surface area contributed by atoms with Gasteiger partial charge in [-0.05, 0) is 42.7 Å². The summed E-state index contributed by atoms with van der Waals surface area (Å²) in [6.07, 6.45) is -4.32. The smallest absolute Gasteiger partial charge is 0.370 e.